The third kappa shape index (κ3) is 4.35. The number of aromatic nitrogens is 5. The Balaban J connectivity index is 1.20. The van der Waals surface area contributed by atoms with E-state index in [-0.39, 0.29) is 17.5 Å². The van der Waals surface area contributed by atoms with Crippen LogP contribution in [-0.4, -0.2) is 68.6 Å². The maximum Gasteiger partial charge on any atom is 0.217 e. The van der Waals surface area contributed by atoms with Crippen molar-refractivity contribution in [2.24, 2.45) is 11.8 Å². The molecule has 3 atom stereocenters. The van der Waals surface area contributed by atoms with Crippen molar-refractivity contribution in [1.82, 2.24) is 30.1 Å². The number of carbonyl (C=O) groups excluding carboxylic acids is 1. The van der Waals surface area contributed by atoms with Crippen LogP contribution in [0.5, 0.6) is 0 Å². The third-order valence-corrected chi connectivity index (χ3v) is 9.21. The Morgan fingerprint density at radius 1 is 1.18 bits per heavy atom. The van der Waals surface area contributed by atoms with Crippen molar-refractivity contribution >= 4 is 33.6 Å². The van der Waals surface area contributed by atoms with E-state index in [0.717, 1.165) is 64.2 Å². The molecule has 0 spiro atoms. The minimum atomic E-state index is -0.188. The molecule has 12 heteroatoms. The summed E-state index contributed by atoms with van der Waals surface area (Å²) in [6.07, 6.45) is 5.66. The van der Waals surface area contributed by atoms with Crippen molar-refractivity contribution in [1.29, 1.82) is 5.26 Å². The number of fused-ring (bicyclic) bond motifs is 3. The first kappa shape index (κ1) is 24.9. The quantitative estimate of drug-likeness (QED) is 0.367. The summed E-state index contributed by atoms with van der Waals surface area (Å²) < 4.78 is 7.30. The van der Waals surface area contributed by atoms with Gasteiger partial charge in [-0.25, -0.2) is 4.52 Å². The Hall–Kier alpha value is -4.08. The number of carbonyl (C=O) groups is 1. The second-order valence-corrected chi connectivity index (χ2v) is 12.3. The highest BCUT2D eigenvalue weighted by atomic mass is 32.1. The highest BCUT2D eigenvalue weighted by Gasteiger charge is 2.43. The molecule has 11 nitrogen and oxygen atoms in total. The lowest BCUT2D eigenvalue weighted by Crippen LogP contribution is -2.53. The Kier molecular flexibility index (Phi) is 5.94. The molecule has 2 saturated heterocycles. The minimum absolute atomic E-state index is 0.0472. The number of hydrogen-bond donors (Lipinski definition) is 2. The van der Waals surface area contributed by atoms with Gasteiger partial charge in [0.05, 0.1) is 53.0 Å². The normalized spacial score (nSPS) is 23.0. The number of anilines is 2. The monoisotopic (exact) mass is 555 g/mol. The van der Waals surface area contributed by atoms with Gasteiger partial charge in [0.2, 0.25) is 11.0 Å². The van der Waals surface area contributed by atoms with Crippen LogP contribution < -0.4 is 15.5 Å². The smallest absolute Gasteiger partial charge is 0.217 e. The first-order valence-corrected chi connectivity index (χ1v) is 14.3. The molecule has 4 aromatic heterocycles. The summed E-state index contributed by atoms with van der Waals surface area (Å²) in [5, 5.41) is 31.4. The van der Waals surface area contributed by atoms with Gasteiger partial charge < -0.3 is 20.3 Å². The standard InChI is InChI=1S/C28H29N9O2S/c1-16(38)32-25-18-3-4-19(25)13-36(12-18)27-35-34-26(40-27)21-11-30-23(8-22(21)33-28(2)14-39-15-28)24-6-5-20-7-17(9-29)10-31-37(20)24/h5-8,10-11,18-19,25H,3-4,12-15H2,1-2H3,(H,30,33)(H,32,38)/t18-,19+,25?. The second kappa shape index (κ2) is 9.53. The molecule has 204 valence electrons. The summed E-state index contributed by atoms with van der Waals surface area (Å²) in [4.78, 5) is 18.8. The third-order valence-electron chi connectivity index (χ3n) is 8.19. The molecule has 1 aliphatic carbocycles. The summed E-state index contributed by atoms with van der Waals surface area (Å²) in [5.74, 6) is 0.911. The van der Waals surface area contributed by atoms with Crippen LogP contribution in [0.2, 0.25) is 0 Å². The number of amides is 1. The van der Waals surface area contributed by atoms with Gasteiger partial charge in [-0.15, -0.1) is 10.2 Å². The van der Waals surface area contributed by atoms with E-state index in [2.05, 4.69) is 43.8 Å². The molecule has 0 radical (unpaired) electrons. The molecule has 40 heavy (non-hydrogen) atoms. The molecule has 1 unspecified atom stereocenters. The van der Waals surface area contributed by atoms with Gasteiger partial charge in [-0.2, -0.15) is 10.4 Å². The zero-order valence-electron chi connectivity index (χ0n) is 22.3. The highest BCUT2D eigenvalue weighted by Crippen LogP contribution is 2.42. The summed E-state index contributed by atoms with van der Waals surface area (Å²) in [5.41, 5.74) is 4.54. The van der Waals surface area contributed by atoms with Gasteiger partial charge in [-0.3, -0.25) is 9.78 Å². The Morgan fingerprint density at radius 3 is 2.67 bits per heavy atom. The molecule has 7 rings (SSSR count). The van der Waals surface area contributed by atoms with E-state index in [0.29, 0.717) is 30.6 Å². The molecule has 0 aromatic carbocycles. The average molecular weight is 556 g/mol. The molecular formula is C28H29N9O2S. The highest BCUT2D eigenvalue weighted by molar-refractivity contribution is 7.18. The van der Waals surface area contributed by atoms with Gasteiger partial charge in [0.25, 0.3) is 0 Å². The number of piperidine rings is 1. The minimum Gasteiger partial charge on any atom is -0.376 e. The lowest BCUT2D eigenvalue weighted by molar-refractivity contribution is -0.120. The lowest BCUT2D eigenvalue weighted by atomic mass is 9.92. The molecule has 4 aromatic rings. The molecule has 3 aliphatic rings. The molecule has 2 bridgehead atoms. The van der Waals surface area contributed by atoms with Crippen LogP contribution >= 0.6 is 11.3 Å². The largest absolute Gasteiger partial charge is 0.376 e. The Bertz CT molecular complexity index is 1640. The lowest BCUT2D eigenvalue weighted by Gasteiger charge is -2.40. The number of ether oxygens (including phenoxy) is 1. The van der Waals surface area contributed by atoms with Crippen molar-refractivity contribution < 1.29 is 9.53 Å². The summed E-state index contributed by atoms with van der Waals surface area (Å²) in [6.45, 7) is 6.71. The number of nitriles is 1. The van der Waals surface area contributed by atoms with Crippen LogP contribution in [0.3, 0.4) is 0 Å². The van der Waals surface area contributed by atoms with Gasteiger partial charge in [0, 0.05) is 37.9 Å². The fourth-order valence-corrected chi connectivity index (χ4v) is 7.12. The molecule has 1 amide bonds. The van der Waals surface area contributed by atoms with Gasteiger partial charge in [-0.1, -0.05) is 11.3 Å². The Morgan fingerprint density at radius 2 is 1.98 bits per heavy atom. The van der Waals surface area contributed by atoms with Gasteiger partial charge in [0.15, 0.2) is 5.01 Å². The van der Waals surface area contributed by atoms with E-state index < -0.39 is 0 Å². The zero-order chi connectivity index (χ0) is 27.4. The fourth-order valence-electron chi connectivity index (χ4n) is 6.23. The van der Waals surface area contributed by atoms with E-state index in [4.69, 9.17) is 9.72 Å². The van der Waals surface area contributed by atoms with Crippen LogP contribution in [0.4, 0.5) is 10.8 Å². The maximum absolute atomic E-state index is 11.7. The van der Waals surface area contributed by atoms with Crippen molar-refractivity contribution in [2.75, 3.05) is 36.5 Å². The summed E-state index contributed by atoms with van der Waals surface area (Å²) >= 11 is 1.57. The molecule has 3 fully saturated rings. The van der Waals surface area contributed by atoms with Crippen LogP contribution in [0.15, 0.2) is 36.7 Å². The average Bonchev–Trinajstić information content (AvgIpc) is 3.63. The molecular weight excluding hydrogens is 526 g/mol. The van der Waals surface area contributed by atoms with Crippen molar-refractivity contribution in [3.05, 3.63) is 42.2 Å². The first-order chi connectivity index (χ1) is 19.4. The van der Waals surface area contributed by atoms with Crippen LogP contribution in [0.1, 0.15) is 32.3 Å². The second-order valence-electron chi connectivity index (χ2n) is 11.3. The van der Waals surface area contributed by atoms with E-state index in [1.54, 1.807) is 29.0 Å². The molecule has 6 heterocycles. The number of hydrogen-bond acceptors (Lipinski definition) is 10. The summed E-state index contributed by atoms with van der Waals surface area (Å²) in [7, 11) is 0. The SMILES string of the molecule is CC(=O)NC1[C@@H]2CC[C@H]1CN(c1nnc(-c3cnc(-c4ccc5cc(C#N)cnn45)cc3NC3(C)COC3)s1)C2. The van der Waals surface area contributed by atoms with E-state index in [1.165, 1.54) is 0 Å². The van der Waals surface area contributed by atoms with E-state index in [1.807, 2.05) is 30.5 Å². The Labute approximate surface area is 235 Å². The fraction of sp³-hybridized carbons (Fsp3) is 0.429. The van der Waals surface area contributed by atoms with E-state index in [9.17, 15) is 10.1 Å². The van der Waals surface area contributed by atoms with Crippen LogP contribution in [0, 0.1) is 23.2 Å². The number of pyridine rings is 1. The van der Waals surface area contributed by atoms with Crippen molar-refractivity contribution in [2.45, 2.75) is 38.3 Å². The van der Waals surface area contributed by atoms with Gasteiger partial charge in [-0.05, 0) is 55.9 Å². The maximum atomic E-state index is 11.7. The zero-order valence-corrected chi connectivity index (χ0v) is 23.1. The predicted octanol–water partition coefficient (Wildman–Crippen LogP) is 3.34. The van der Waals surface area contributed by atoms with Crippen molar-refractivity contribution in [3.63, 3.8) is 0 Å². The molecule has 2 N–H and O–H groups in total. The number of rotatable bonds is 6. The number of nitrogens with zero attached hydrogens (tertiary/aromatic N) is 7. The van der Waals surface area contributed by atoms with E-state index >= 15 is 0 Å². The van der Waals surface area contributed by atoms with Crippen molar-refractivity contribution in [3.8, 4) is 28.0 Å². The number of nitrogens with one attached hydrogen (secondary N) is 2. The summed E-state index contributed by atoms with van der Waals surface area (Å²) in [6, 6.07) is 10.1. The topological polar surface area (TPSA) is 133 Å². The molecule has 2 aliphatic heterocycles. The predicted molar refractivity (Wildman–Crippen MR) is 151 cm³/mol. The molecule has 1 saturated carbocycles. The van der Waals surface area contributed by atoms with Gasteiger partial charge in [0.1, 0.15) is 6.07 Å². The first-order valence-electron chi connectivity index (χ1n) is 13.5. The van der Waals surface area contributed by atoms with Crippen LogP contribution in [-0.2, 0) is 9.53 Å². The van der Waals surface area contributed by atoms with Crippen LogP contribution in [0.25, 0.3) is 27.5 Å². The van der Waals surface area contributed by atoms with Gasteiger partial charge >= 0.3 is 0 Å².